The number of Topliss-reactive ketones (excluding diaryl/α,β-unsaturated/α-hetero) is 2. The molecule has 2 aromatic rings. The number of methoxy groups -OCH3 is 2. The van der Waals surface area contributed by atoms with Crippen molar-refractivity contribution in [2.75, 3.05) is 45.3 Å². The lowest BCUT2D eigenvalue weighted by molar-refractivity contribution is 0.0955. The van der Waals surface area contributed by atoms with Gasteiger partial charge in [0.15, 0.2) is 23.1 Å². The van der Waals surface area contributed by atoms with Crippen LogP contribution < -0.4 is 20.3 Å². The molecule has 0 saturated carbocycles. The van der Waals surface area contributed by atoms with Crippen LogP contribution in [0.15, 0.2) is 21.7 Å². The van der Waals surface area contributed by atoms with Gasteiger partial charge in [-0.2, -0.15) is 8.42 Å². The van der Waals surface area contributed by atoms with Crippen molar-refractivity contribution < 1.29 is 45.2 Å². The van der Waals surface area contributed by atoms with E-state index in [0.717, 1.165) is 24.6 Å². The van der Waals surface area contributed by atoms with E-state index in [-0.39, 0.29) is 70.3 Å². The molecule has 284 valence electrons. The second kappa shape index (κ2) is 21.2. The summed E-state index contributed by atoms with van der Waals surface area (Å²) < 4.78 is 59.9. The Hall–Kier alpha value is -2.47. The predicted octanol–water partition coefficient (Wildman–Crippen LogP) is 4.23. The Bertz CT molecular complexity index is 1800. The van der Waals surface area contributed by atoms with Crippen LogP contribution in [-0.2, 0) is 36.2 Å². The third kappa shape index (κ3) is 13.6. The molecule has 0 aromatic carbocycles. The number of rotatable bonds is 12. The Morgan fingerprint density at radius 1 is 0.820 bits per heavy atom. The van der Waals surface area contributed by atoms with Crippen LogP contribution in [0.4, 0.5) is 0 Å². The Morgan fingerprint density at radius 3 is 1.50 bits per heavy atom. The van der Waals surface area contributed by atoms with E-state index in [0.29, 0.717) is 56.3 Å². The molecular weight excluding hydrogens is 763 g/mol. The van der Waals surface area contributed by atoms with Crippen molar-refractivity contribution in [1.82, 2.24) is 9.13 Å². The number of nitrogens with zero attached hydrogens (tertiary/aromatic N) is 2. The lowest BCUT2D eigenvalue weighted by atomic mass is 10.1. The third-order valence-electron chi connectivity index (χ3n) is 7.35. The van der Waals surface area contributed by atoms with Crippen LogP contribution in [0.5, 0.6) is 11.5 Å². The number of aliphatic hydroxyl groups is 1. The van der Waals surface area contributed by atoms with Crippen molar-refractivity contribution in [3.63, 3.8) is 0 Å². The van der Waals surface area contributed by atoms with Gasteiger partial charge in [0, 0.05) is 47.0 Å². The molecule has 2 aliphatic heterocycles. The van der Waals surface area contributed by atoms with Gasteiger partial charge in [-0.05, 0) is 38.5 Å². The van der Waals surface area contributed by atoms with Gasteiger partial charge < -0.3 is 23.7 Å². The number of aromatic nitrogens is 2. The minimum Gasteiger partial charge on any atom is -0.491 e. The summed E-state index contributed by atoms with van der Waals surface area (Å²) >= 11 is 9.53. The van der Waals surface area contributed by atoms with E-state index in [1.807, 2.05) is 13.8 Å². The quantitative estimate of drug-likeness (QED) is 0.139. The average molecular weight is 808 g/mol. The van der Waals surface area contributed by atoms with Gasteiger partial charge in [-0.15, -0.1) is 23.2 Å². The van der Waals surface area contributed by atoms with Crippen molar-refractivity contribution in [1.29, 1.82) is 0 Å². The van der Waals surface area contributed by atoms with E-state index in [9.17, 15) is 41.1 Å². The molecule has 4 heterocycles. The van der Waals surface area contributed by atoms with E-state index >= 15 is 0 Å². The van der Waals surface area contributed by atoms with Gasteiger partial charge in [0.05, 0.1) is 57.4 Å². The van der Waals surface area contributed by atoms with Gasteiger partial charge in [-0.1, -0.05) is 13.8 Å². The highest BCUT2D eigenvalue weighted by molar-refractivity contribution is 8.13. The first-order valence-electron chi connectivity index (χ1n) is 15.5. The zero-order chi connectivity index (χ0) is 38.4. The highest BCUT2D eigenvalue weighted by atomic mass is 35.7. The largest absolute Gasteiger partial charge is 0.491 e. The zero-order valence-corrected chi connectivity index (χ0v) is 32.8. The highest BCUT2D eigenvalue weighted by Gasteiger charge is 2.32. The van der Waals surface area contributed by atoms with Gasteiger partial charge in [0.2, 0.25) is 19.9 Å². The fraction of sp³-hybridized carbons (Fsp3) is 0.613. The Morgan fingerprint density at radius 2 is 1.18 bits per heavy atom. The van der Waals surface area contributed by atoms with Gasteiger partial charge >= 0.3 is 0 Å². The van der Waals surface area contributed by atoms with Crippen molar-refractivity contribution in [2.24, 2.45) is 0 Å². The number of alkyl halides is 2. The zero-order valence-electron chi connectivity index (χ0n) is 28.9. The number of carbonyl (C=O) groups is 2. The van der Waals surface area contributed by atoms with Crippen LogP contribution in [0.3, 0.4) is 0 Å². The Balaban J connectivity index is 0.000000416. The number of fused-ring (bicyclic) bond motifs is 2. The van der Waals surface area contributed by atoms with Crippen LogP contribution in [0.2, 0.25) is 0 Å². The summed E-state index contributed by atoms with van der Waals surface area (Å²) in [6.07, 6.45) is 6.57. The van der Waals surface area contributed by atoms with Crippen LogP contribution in [0.25, 0.3) is 0 Å². The smallest absolute Gasteiger partial charge is 0.264 e. The summed E-state index contributed by atoms with van der Waals surface area (Å²) in [6, 6.07) is 2.50. The Labute approximate surface area is 307 Å². The molecule has 2 unspecified atom stereocenters. The normalized spacial score (nSPS) is 16.0. The maximum Gasteiger partial charge on any atom is 0.264 e. The Kier molecular flexibility index (Phi) is 19.3. The molecule has 0 aliphatic carbocycles. The fourth-order valence-electron chi connectivity index (χ4n) is 5.56. The van der Waals surface area contributed by atoms with Gasteiger partial charge in [-0.3, -0.25) is 23.4 Å². The number of aliphatic hydroxyl groups excluding tert-OH is 1. The van der Waals surface area contributed by atoms with E-state index in [1.54, 1.807) is 9.13 Å². The second-order valence-electron chi connectivity index (χ2n) is 11.2. The highest BCUT2D eigenvalue weighted by Crippen LogP contribution is 2.32. The van der Waals surface area contributed by atoms with Crippen LogP contribution in [0.1, 0.15) is 96.8 Å². The number of hydrogen-bond acceptors (Lipinski definition) is 12. The molecule has 14 nitrogen and oxygen atoms in total. The van der Waals surface area contributed by atoms with Crippen LogP contribution in [0, 0.1) is 0 Å². The summed E-state index contributed by atoms with van der Waals surface area (Å²) in [6.45, 7) is 3.69. The minimum absolute atomic E-state index is 0.0125. The fourth-order valence-corrected chi connectivity index (χ4v) is 5.96. The molecule has 2 aromatic heterocycles. The lowest BCUT2D eigenvalue weighted by Crippen LogP contribution is -2.24. The number of carbonyl (C=O) groups excluding carboxylic acids is 2. The molecule has 0 amide bonds. The van der Waals surface area contributed by atoms with Crippen molar-refractivity contribution in [3.8, 4) is 11.5 Å². The van der Waals surface area contributed by atoms with Gasteiger partial charge in [-0.25, -0.2) is 8.42 Å². The van der Waals surface area contributed by atoms with Crippen molar-refractivity contribution in [3.05, 3.63) is 55.4 Å². The van der Waals surface area contributed by atoms with E-state index < -0.39 is 19.2 Å². The second-order valence-corrected chi connectivity index (χ2v) is 16.7. The SMILES string of the molecule is CCCC(=O)c1c(OC)c(=O)cc2n1C(CO)CC2.CCCC(=O)c1c(OC)c(=O)cc2n1C(COS(C)(=O)=O)CC2.CS(=O)(=O)Cl.ClCCl. The van der Waals surface area contributed by atoms with Crippen molar-refractivity contribution in [2.45, 2.75) is 77.3 Å². The van der Waals surface area contributed by atoms with Gasteiger partial charge in [0.1, 0.15) is 11.4 Å². The molecule has 2 atom stereocenters. The maximum atomic E-state index is 12.5. The topological polar surface area (TPSA) is 194 Å². The molecule has 19 heteroatoms. The summed E-state index contributed by atoms with van der Waals surface area (Å²) in [5.41, 5.74) is 1.47. The van der Waals surface area contributed by atoms with Crippen LogP contribution >= 0.6 is 33.9 Å². The molecular formula is C31H45Cl3N2O12S2. The van der Waals surface area contributed by atoms with Crippen LogP contribution in [-0.4, -0.2) is 87.9 Å². The summed E-state index contributed by atoms with van der Waals surface area (Å²) in [5, 5.41) is 9.63. The third-order valence-corrected chi connectivity index (χ3v) is 7.91. The molecule has 1 N–H and O–H groups in total. The molecule has 0 spiro atoms. The molecule has 0 fully saturated rings. The number of halogens is 3. The number of pyridine rings is 2. The monoisotopic (exact) mass is 806 g/mol. The number of ether oxygens (including phenoxy) is 2. The van der Waals surface area contributed by atoms with E-state index in [2.05, 4.69) is 10.7 Å². The predicted molar refractivity (Wildman–Crippen MR) is 193 cm³/mol. The number of ketones is 2. The van der Waals surface area contributed by atoms with Crippen molar-refractivity contribution >= 4 is 64.6 Å². The molecule has 0 radical (unpaired) electrons. The van der Waals surface area contributed by atoms with E-state index in [1.165, 1.54) is 26.4 Å². The average Bonchev–Trinajstić information content (AvgIpc) is 3.61. The molecule has 0 bridgehead atoms. The first-order valence-corrected chi connectivity index (χ1v) is 21.1. The van der Waals surface area contributed by atoms with E-state index in [4.69, 9.17) is 36.9 Å². The minimum atomic E-state index is -3.57. The lowest BCUT2D eigenvalue weighted by Gasteiger charge is -2.20. The number of hydrogen-bond donors (Lipinski definition) is 1. The van der Waals surface area contributed by atoms with Gasteiger partial charge in [0.25, 0.3) is 10.1 Å². The first kappa shape index (κ1) is 45.6. The number of aryl methyl sites for hydroxylation is 2. The summed E-state index contributed by atoms with van der Waals surface area (Å²) in [7, 11) is 0.484. The molecule has 2 aliphatic rings. The molecule has 4 rings (SSSR count). The summed E-state index contributed by atoms with van der Waals surface area (Å²) in [5.74, 6) is -0.172. The first-order chi connectivity index (χ1) is 23.3. The molecule has 0 saturated heterocycles. The summed E-state index contributed by atoms with van der Waals surface area (Å²) in [4.78, 5) is 48.9. The standard InChI is InChI=1S/C15H21NO6S.C14H19NO4.CH2Cl2.CH3ClO2S/c1-4-5-12(17)14-15(21-2)13(18)8-10-6-7-11(16(10)14)9-22-23(3,19)20;1-3-4-11(17)13-14(19-2)12(18)7-9-5-6-10(8-16)15(9)13;2-1-3;1-5(2,3)4/h8,11H,4-7,9H2,1-3H3;7,10,16H,3-6,8H2,1-2H3;1H2;1H3. The molecule has 50 heavy (non-hydrogen) atoms. The maximum absolute atomic E-state index is 12.5.